The van der Waals surface area contributed by atoms with Gasteiger partial charge in [0.25, 0.3) is 0 Å². The third-order valence-electron chi connectivity index (χ3n) is 1.59. The standard InChI is InChI=1S/C6H13NO2/c1-4-5(2)9-6(3-7)8-4/h4-6H,3,7H2,1-2H3. The highest BCUT2D eigenvalue weighted by atomic mass is 16.7. The zero-order valence-electron chi connectivity index (χ0n) is 5.83. The minimum Gasteiger partial charge on any atom is -0.346 e. The lowest BCUT2D eigenvalue weighted by atomic mass is 10.3. The van der Waals surface area contributed by atoms with Crippen molar-refractivity contribution in [3.05, 3.63) is 0 Å². The second-order valence-electron chi connectivity index (χ2n) is 2.35. The molecule has 3 heteroatoms. The normalized spacial score (nSPS) is 43.7. The van der Waals surface area contributed by atoms with E-state index >= 15 is 0 Å². The Kier molecular flexibility index (Phi) is 2.05. The molecule has 1 heterocycles. The predicted molar refractivity (Wildman–Crippen MR) is 33.9 cm³/mol. The first-order chi connectivity index (χ1) is 4.24. The molecule has 2 N–H and O–H groups in total. The summed E-state index contributed by atoms with van der Waals surface area (Å²) in [5.74, 6) is 0. The molecule has 1 aliphatic rings. The van der Waals surface area contributed by atoms with Crippen LogP contribution in [0.1, 0.15) is 13.8 Å². The van der Waals surface area contributed by atoms with Gasteiger partial charge in [-0.15, -0.1) is 0 Å². The van der Waals surface area contributed by atoms with Crippen molar-refractivity contribution < 1.29 is 9.47 Å². The number of hydrogen-bond donors (Lipinski definition) is 1. The molecule has 0 spiro atoms. The monoisotopic (exact) mass is 131 g/mol. The fourth-order valence-electron chi connectivity index (χ4n) is 0.843. The maximum atomic E-state index is 5.31. The first kappa shape index (κ1) is 6.99. The summed E-state index contributed by atoms with van der Waals surface area (Å²) in [6.07, 6.45) is 0.215. The molecule has 0 saturated carbocycles. The Morgan fingerprint density at radius 2 is 1.67 bits per heavy atom. The first-order valence-corrected chi connectivity index (χ1v) is 3.25. The Bertz CT molecular complexity index is 87.1. The molecule has 54 valence electrons. The van der Waals surface area contributed by atoms with Crippen molar-refractivity contribution in [2.75, 3.05) is 6.54 Å². The first-order valence-electron chi connectivity index (χ1n) is 3.25. The van der Waals surface area contributed by atoms with Gasteiger partial charge in [-0.05, 0) is 13.8 Å². The van der Waals surface area contributed by atoms with Crippen molar-refractivity contribution in [2.45, 2.75) is 32.3 Å². The van der Waals surface area contributed by atoms with E-state index < -0.39 is 0 Å². The molecule has 9 heavy (non-hydrogen) atoms. The fourth-order valence-corrected chi connectivity index (χ4v) is 0.843. The van der Waals surface area contributed by atoms with E-state index in [1.165, 1.54) is 0 Å². The highest BCUT2D eigenvalue weighted by molar-refractivity contribution is 4.68. The summed E-state index contributed by atoms with van der Waals surface area (Å²) in [5, 5.41) is 0. The Morgan fingerprint density at radius 1 is 1.22 bits per heavy atom. The molecule has 0 aromatic rings. The van der Waals surface area contributed by atoms with Gasteiger partial charge in [0.1, 0.15) is 0 Å². The second-order valence-corrected chi connectivity index (χ2v) is 2.35. The van der Waals surface area contributed by atoms with Crippen LogP contribution in [-0.4, -0.2) is 25.0 Å². The number of nitrogens with two attached hydrogens (primary N) is 1. The molecular formula is C6H13NO2. The molecule has 1 fully saturated rings. The molecular weight excluding hydrogens is 118 g/mol. The average Bonchev–Trinajstić information content (AvgIpc) is 2.13. The third-order valence-corrected chi connectivity index (χ3v) is 1.59. The van der Waals surface area contributed by atoms with Crippen molar-refractivity contribution in [2.24, 2.45) is 5.73 Å². The van der Waals surface area contributed by atoms with Gasteiger partial charge in [0, 0.05) is 6.54 Å². The Hall–Kier alpha value is -0.120. The number of hydrogen-bond acceptors (Lipinski definition) is 3. The van der Waals surface area contributed by atoms with Gasteiger partial charge in [0.05, 0.1) is 12.2 Å². The molecule has 2 unspecified atom stereocenters. The van der Waals surface area contributed by atoms with Gasteiger partial charge < -0.3 is 15.2 Å². The van der Waals surface area contributed by atoms with Gasteiger partial charge in [0.2, 0.25) is 0 Å². The minimum absolute atomic E-state index is 0.171. The molecule has 3 nitrogen and oxygen atoms in total. The maximum absolute atomic E-state index is 5.31. The summed E-state index contributed by atoms with van der Waals surface area (Å²) in [6, 6.07) is 0. The average molecular weight is 131 g/mol. The van der Waals surface area contributed by atoms with E-state index in [0.717, 1.165) is 0 Å². The van der Waals surface area contributed by atoms with Crippen molar-refractivity contribution >= 4 is 0 Å². The van der Waals surface area contributed by atoms with E-state index in [2.05, 4.69) is 0 Å². The van der Waals surface area contributed by atoms with Crippen molar-refractivity contribution in [1.29, 1.82) is 0 Å². The van der Waals surface area contributed by atoms with E-state index in [1.54, 1.807) is 0 Å². The maximum Gasteiger partial charge on any atom is 0.170 e. The third kappa shape index (κ3) is 1.41. The largest absolute Gasteiger partial charge is 0.346 e. The SMILES string of the molecule is CC1OC(CN)OC1C. The van der Waals surface area contributed by atoms with Crippen LogP contribution in [0.2, 0.25) is 0 Å². The van der Waals surface area contributed by atoms with E-state index in [-0.39, 0.29) is 18.5 Å². The van der Waals surface area contributed by atoms with E-state index in [1.807, 2.05) is 13.8 Å². The second kappa shape index (κ2) is 2.64. The Balaban J connectivity index is 2.35. The lowest BCUT2D eigenvalue weighted by Gasteiger charge is -2.03. The highest BCUT2D eigenvalue weighted by Crippen LogP contribution is 2.16. The molecule has 0 bridgehead atoms. The molecule has 0 radical (unpaired) electrons. The van der Waals surface area contributed by atoms with Crippen LogP contribution < -0.4 is 5.73 Å². The summed E-state index contributed by atoms with van der Waals surface area (Å²) in [7, 11) is 0. The zero-order chi connectivity index (χ0) is 6.85. The van der Waals surface area contributed by atoms with Crippen LogP contribution in [0.15, 0.2) is 0 Å². The Labute approximate surface area is 55.1 Å². The molecule has 1 aliphatic heterocycles. The molecule has 2 atom stereocenters. The Morgan fingerprint density at radius 3 is 1.89 bits per heavy atom. The zero-order valence-corrected chi connectivity index (χ0v) is 5.83. The molecule has 0 aliphatic carbocycles. The fraction of sp³-hybridized carbons (Fsp3) is 1.00. The lowest BCUT2D eigenvalue weighted by Crippen LogP contribution is -2.21. The smallest absolute Gasteiger partial charge is 0.170 e. The predicted octanol–water partition coefficient (Wildman–Crippen LogP) is 0.0950. The van der Waals surface area contributed by atoms with Crippen LogP contribution in [-0.2, 0) is 9.47 Å². The lowest BCUT2D eigenvalue weighted by molar-refractivity contribution is -0.0541. The number of ether oxygens (including phenoxy) is 2. The van der Waals surface area contributed by atoms with Crippen molar-refractivity contribution in [1.82, 2.24) is 0 Å². The van der Waals surface area contributed by atoms with Crippen LogP contribution in [0, 0.1) is 0 Å². The van der Waals surface area contributed by atoms with E-state index in [0.29, 0.717) is 6.54 Å². The summed E-state index contributed by atoms with van der Waals surface area (Å²) in [6.45, 7) is 4.43. The van der Waals surface area contributed by atoms with Gasteiger partial charge in [0.15, 0.2) is 6.29 Å². The summed E-state index contributed by atoms with van der Waals surface area (Å²) < 4.78 is 10.6. The van der Waals surface area contributed by atoms with Crippen LogP contribution in [0.4, 0.5) is 0 Å². The molecule has 1 rings (SSSR count). The summed E-state index contributed by atoms with van der Waals surface area (Å²) >= 11 is 0. The number of rotatable bonds is 1. The van der Waals surface area contributed by atoms with Gasteiger partial charge >= 0.3 is 0 Å². The topological polar surface area (TPSA) is 44.5 Å². The van der Waals surface area contributed by atoms with E-state index in [9.17, 15) is 0 Å². The van der Waals surface area contributed by atoms with E-state index in [4.69, 9.17) is 15.2 Å². The van der Waals surface area contributed by atoms with Gasteiger partial charge in [-0.1, -0.05) is 0 Å². The quantitative estimate of drug-likeness (QED) is 0.548. The van der Waals surface area contributed by atoms with Crippen LogP contribution in [0.5, 0.6) is 0 Å². The molecule has 0 aromatic carbocycles. The molecule has 1 saturated heterocycles. The van der Waals surface area contributed by atoms with Gasteiger partial charge in [-0.25, -0.2) is 0 Å². The van der Waals surface area contributed by atoms with Crippen LogP contribution in [0.25, 0.3) is 0 Å². The highest BCUT2D eigenvalue weighted by Gasteiger charge is 2.27. The molecule has 0 amide bonds. The minimum atomic E-state index is -0.171. The van der Waals surface area contributed by atoms with Crippen molar-refractivity contribution in [3.63, 3.8) is 0 Å². The van der Waals surface area contributed by atoms with Gasteiger partial charge in [-0.2, -0.15) is 0 Å². The van der Waals surface area contributed by atoms with Gasteiger partial charge in [-0.3, -0.25) is 0 Å². The summed E-state index contributed by atoms with van der Waals surface area (Å²) in [4.78, 5) is 0. The molecule has 0 aromatic heterocycles. The van der Waals surface area contributed by atoms with Crippen LogP contribution in [0.3, 0.4) is 0 Å². The summed E-state index contributed by atoms with van der Waals surface area (Å²) in [5.41, 5.74) is 5.31. The van der Waals surface area contributed by atoms with Crippen LogP contribution >= 0.6 is 0 Å². The van der Waals surface area contributed by atoms with Crippen molar-refractivity contribution in [3.8, 4) is 0 Å².